The van der Waals surface area contributed by atoms with Crippen LogP contribution in [0.4, 0.5) is 0 Å². The van der Waals surface area contributed by atoms with Gasteiger partial charge < -0.3 is 0 Å². The van der Waals surface area contributed by atoms with Crippen LogP contribution in [-0.4, -0.2) is 29.6 Å². The summed E-state index contributed by atoms with van der Waals surface area (Å²) in [7, 11) is 0. The number of fused-ring (bicyclic) bond motifs is 1. The number of aryl methyl sites for hydroxylation is 2. The molecule has 2 rings (SSSR count). The van der Waals surface area contributed by atoms with Gasteiger partial charge >= 0.3 is 0 Å². The Labute approximate surface area is 101 Å². The molecule has 0 N–H and O–H groups in total. The molecule has 0 amide bonds. The van der Waals surface area contributed by atoms with Crippen molar-refractivity contribution in [2.75, 3.05) is 0 Å². The summed E-state index contributed by atoms with van der Waals surface area (Å²) in [4.78, 5) is 0. The van der Waals surface area contributed by atoms with Crippen LogP contribution >= 0.6 is 0 Å². The molecule has 0 unspecified atom stereocenters. The third kappa shape index (κ3) is 1.96. The number of benzene rings is 2. The van der Waals surface area contributed by atoms with E-state index in [4.69, 9.17) is 0 Å². The Morgan fingerprint density at radius 2 is 1.54 bits per heavy atom. The molecular weight excluding hydrogens is 167 g/mol. The zero-order chi connectivity index (χ0) is 8.55. The van der Waals surface area contributed by atoms with Crippen LogP contribution in [0.2, 0.25) is 0 Å². The molecule has 0 saturated carbocycles. The minimum absolute atomic E-state index is 0. The summed E-state index contributed by atoms with van der Waals surface area (Å²) in [5.74, 6) is 0. The standard InChI is InChI=1S/C12H12.Na/c1-9-7-8-11-5-3-4-6-12(11)10(9)2;/h3-8H,1-2H3;. The van der Waals surface area contributed by atoms with Crippen LogP contribution in [0, 0.1) is 13.8 Å². The van der Waals surface area contributed by atoms with Crippen molar-refractivity contribution >= 4 is 40.3 Å². The van der Waals surface area contributed by atoms with Crippen molar-refractivity contribution in [3.05, 3.63) is 47.5 Å². The van der Waals surface area contributed by atoms with Crippen LogP contribution < -0.4 is 0 Å². The summed E-state index contributed by atoms with van der Waals surface area (Å²) in [6.07, 6.45) is 0. The summed E-state index contributed by atoms with van der Waals surface area (Å²) in [5.41, 5.74) is 2.77. The van der Waals surface area contributed by atoms with Crippen molar-refractivity contribution in [2.45, 2.75) is 13.8 Å². The minimum Gasteiger partial charge on any atom is -0.0616 e. The van der Waals surface area contributed by atoms with Gasteiger partial charge in [-0.3, -0.25) is 0 Å². The second-order valence-corrected chi connectivity index (χ2v) is 3.23. The number of hydrogen-bond acceptors (Lipinski definition) is 0. The number of hydrogen-bond donors (Lipinski definition) is 0. The van der Waals surface area contributed by atoms with Gasteiger partial charge in [0.15, 0.2) is 0 Å². The van der Waals surface area contributed by atoms with E-state index in [1.54, 1.807) is 0 Å². The molecule has 0 nitrogen and oxygen atoms in total. The number of rotatable bonds is 0. The summed E-state index contributed by atoms with van der Waals surface area (Å²) >= 11 is 0. The Morgan fingerprint density at radius 3 is 2.31 bits per heavy atom. The third-order valence-electron chi connectivity index (χ3n) is 2.47. The van der Waals surface area contributed by atoms with Crippen molar-refractivity contribution in [1.82, 2.24) is 0 Å². The Bertz CT molecular complexity index is 418. The van der Waals surface area contributed by atoms with Gasteiger partial charge in [-0.1, -0.05) is 36.4 Å². The fourth-order valence-electron chi connectivity index (χ4n) is 1.54. The molecule has 0 heterocycles. The van der Waals surface area contributed by atoms with E-state index < -0.39 is 0 Å². The van der Waals surface area contributed by atoms with Gasteiger partial charge in [0.1, 0.15) is 0 Å². The van der Waals surface area contributed by atoms with Crippen LogP contribution in [0.5, 0.6) is 0 Å². The second-order valence-electron chi connectivity index (χ2n) is 3.23. The molecule has 1 heteroatoms. The van der Waals surface area contributed by atoms with Crippen molar-refractivity contribution in [3.8, 4) is 0 Å². The van der Waals surface area contributed by atoms with E-state index in [1.807, 2.05) is 0 Å². The quantitative estimate of drug-likeness (QED) is 0.545. The topological polar surface area (TPSA) is 0 Å². The van der Waals surface area contributed by atoms with Gasteiger partial charge in [-0.05, 0) is 35.7 Å². The molecule has 0 bridgehead atoms. The van der Waals surface area contributed by atoms with Gasteiger partial charge in [-0.25, -0.2) is 0 Å². The summed E-state index contributed by atoms with van der Waals surface area (Å²) < 4.78 is 0. The van der Waals surface area contributed by atoms with E-state index >= 15 is 0 Å². The molecule has 0 fully saturated rings. The normalized spacial score (nSPS) is 9.69. The van der Waals surface area contributed by atoms with E-state index in [1.165, 1.54) is 21.9 Å². The molecule has 1 radical (unpaired) electrons. The maximum Gasteiger partial charge on any atom is 0 e. The SMILES string of the molecule is Cc1ccc2ccccc2c1C.[Na]. The summed E-state index contributed by atoms with van der Waals surface area (Å²) in [5, 5.41) is 2.71. The predicted molar refractivity (Wildman–Crippen MR) is 59.2 cm³/mol. The smallest absolute Gasteiger partial charge is 0 e. The second kappa shape index (κ2) is 4.28. The van der Waals surface area contributed by atoms with E-state index in [-0.39, 0.29) is 29.6 Å². The first-order chi connectivity index (χ1) is 5.79. The fourth-order valence-corrected chi connectivity index (χ4v) is 1.54. The molecule has 0 saturated heterocycles. The molecule has 0 aliphatic heterocycles. The maximum atomic E-state index is 2.18. The van der Waals surface area contributed by atoms with Crippen LogP contribution in [0.1, 0.15) is 11.1 Å². The van der Waals surface area contributed by atoms with Gasteiger partial charge in [-0.15, -0.1) is 0 Å². The van der Waals surface area contributed by atoms with Crippen LogP contribution in [-0.2, 0) is 0 Å². The van der Waals surface area contributed by atoms with E-state index in [9.17, 15) is 0 Å². The van der Waals surface area contributed by atoms with E-state index in [2.05, 4.69) is 50.2 Å². The van der Waals surface area contributed by atoms with Gasteiger partial charge in [0, 0.05) is 29.6 Å². The minimum atomic E-state index is 0. The van der Waals surface area contributed by atoms with Crippen molar-refractivity contribution < 1.29 is 0 Å². The summed E-state index contributed by atoms with van der Waals surface area (Å²) in [6.45, 7) is 4.33. The van der Waals surface area contributed by atoms with Crippen LogP contribution in [0.25, 0.3) is 10.8 Å². The predicted octanol–water partition coefficient (Wildman–Crippen LogP) is 3.08. The Kier molecular flexibility index (Phi) is 3.55. The first-order valence-corrected chi connectivity index (χ1v) is 4.24. The molecule has 0 spiro atoms. The van der Waals surface area contributed by atoms with Crippen molar-refractivity contribution in [2.24, 2.45) is 0 Å². The molecule has 0 atom stereocenters. The maximum absolute atomic E-state index is 2.18. The largest absolute Gasteiger partial charge is 0.0616 e. The molecule has 2 aromatic carbocycles. The van der Waals surface area contributed by atoms with Crippen molar-refractivity contribution in [3.63, 3.8) is 0 Å². The zero-order valence-electron chi connectivity index (χ0n) is 8.46. The molecule has 13 heavy (non-hydrogen) atoms. The first-order valence-electron chi connectivity index (χ1n) is 4.24. The summed E-state index contributed by atoms with van der Waals surface area (Å²) in [6, 6.07) is 12.9. The van der Waals surface area contributed by atoms with Gasteiger partial charge in [0.25, 0.3) is 0 Å². The zero-order valence-corrected chi connectivity index (χ0v) is 10.5. The van der Waals surface area contributed by atoms with Crippen LogP contribution in [0.3, 0.4) is 0 Å². The Morgan fingerprint density at radius 1 is 0.846 bits per heavy atom. The Hall–Kier alpha value is -0.300. The van der Waals surface area contributed by atoms with Gasteiger partial charge in [-0.2, -0.15) is 0 Å². The molecule has 61 valence electrons. The average molecular weight is 179 g/mol. The third-order valence-corrected chi connectivity index (χ3v) is 2.47. The van der Waals surface area contributed by atoms with E-state index in [0.717, 1.165) is 0 Å². The molecule has 0 aliphatic rings. The van der Waals surface area contributed by atoms with Gasteiger partial charge in [0.2, 0.25) is 0 Å². The Balaban J connectivity index is 0.000000845. The monoisotopic (exact) mass is 179 g/mol. The molecular formula is C12H12Na. The van der Waals surface area contributed by atoms with Crippen LogP contribution in [0.15, 0.2) is 36.4 Å². The van der Waals surface area contributed by atoms with E-state index in [0.29, 0.717) is 0 Å². The first kappa shape index (κ1) is 10.8. The van der Waals surface area contributed by atoms with Gasteiger partial charge in [0.05, 0.1) is 0 Å². The molecule has 0 aromatic heterocycles. The fraction of sp³-hybridized carbons (Fsp3) is 0.167. The average Bonchev–Trinajstić information content (AvgIpc) is 2.12. The molecule has 0 aliphatic carbocycles. The molecule has 2 aromatic rings. The van der Waals surface area contributed by atoms with Crippen molar-refractivity contribution in [1.29, 1.82) is 0 Å².